The van der Waals surface area contributed by atoms with Crippen LogP contribution in [0, 0.1) is 56.7 Å². The summed E-state index contributed by atoms with van der Waals surface area (Å²) in [5.74, 6) is 0.447. The Balaban J connectivity index is 1.22. The zero-order valence-electron chi connectivity index (χ0n) is 31.7. The summed E-state index contributed by atoms with van der Waals surface area (Å²) in [6, 6.07) is -1.26. The number of rotatable bonds is 14. The lowest BCUT2D eigenvalue weighted by Crippen LogP contribution is -2.67. The number of carboxylic acids is 1. The summed E-state index contributed by atoms with van der Waals surface area (Å²) in [6.45, 7) is 16.6. The van der Waals surface area contributed by atoms with Crippen LogP contribution in [-0.4, -0.2) is 70.1 Å². The molecule has 2 amide bonds. The minimum absolute atomic E-state index is 0.0252. The third-order valence-corrected chi connectivity index (χ3v) is 16.3. The van der Waals surface area contributed by atoms with Gasteiger partial charge < -0.3 is 31.1 Å². The van der Waals surface area contributed by atoms with E-state index in [0.717, 1.165) is 82.6 Å². The SMILES string of the molecule is C=C(CO)[C@@H]1CC[C@]2(C(=O)NCCCCCCCC(=O)N[C@@H](CO)C(=O)O)CC[C@]3(C)[C@H](CCC4[C@@]5(C)CC[C@H](O)C(C)(C)[C@@H]5CC[C@]43C)[C@@H]12. The molecule has 50 heavy (non-hydrogen) atoms. The standard InChI is InChI=1S/C41H68N2O7/c1-26(24-44)27-15-20-41(36(50)42-23-11-9-7-8-10-12-33(47)43-29(25-45)35(48)49)22-21-39(5)28(34(27)41)13-14-31-38(4)18-17-32(46)37(2,3)30(38)16-19-40(31,39)6/h27-32,34,44-46H,1,7-25H2,2-6H3,(H,42,50)(H,43,47)(H,48,49)/t27-,28+,29-,30-,31?,32-,34+,38-,39+,40+,41-/m0/s1. The van der Waals surface area contributed by atoms with E-state index in [1.165, 1.54) is 12.8 Å². The van der Waals surface area contributed by atoms with Crippen molar-refractivity contribution in [1.29, 1.82) is 0 Å². The topological polar surface area (TPSA) is 156 Å². The number of carboxylic acid groups (broad SMARTS) is 1. The minimum Gasteiger partial charge on any atom is -0.480 e. The summed E-state index contributed by atoms with van der Waals surface area (Å²) in [5, 5.41) is 45.2. The first-order valence-electron chi connectivity index (χ1n) is 19.9. The van der Waals surface area contributed by atoms with Gasteiger partial charge in [0.25, 0.3) is 0 Å². The molecule has 0 aromatic rings. The molecule has 5 fully saturated rings. The van der Waals surface area contributed by atoms with Crippen LogP contribution in [-0.2, 0) is 14.4 Å². The predicted molar refractivity (Wildman–Crippen MR) is 194 cm³/mol. The van der Waals surface area contributed by atoms with Crippen molar-refractivity contribution in [3.05, 3.63) is 12.2 Å². The molecule has 0 bridgehead atoms. The number of hydrogen-bond acceptors (Lipinski definition) is 6. The van der Waals surface area contributed by atoms with Gasteiger partial charge in [-0.25, -0.2) is 4.79 Å². The Morgan fingerprint density at radius 1 is 0.800 bits per heavy atom. The second-order valence-corrected chi connectivity index (χ2v) is 18.6. The Hall–Kier alpha value is -1.97. The van der Waals surface area contributed by atoms with Gasteiger partial charge in [-0.05, 0) is 134 Å². The van der Waals surface area contributed by atoms with Gasteiger partial charge in [0.15, 0.2) is 0 Å². The van der Waals surface area contributed by atoms with Crippen molar-refractivity contribution in [2.75, 3.05) is 19.8 Å². The lowest BCUT2D eigenvalue weighted by molar-refractivity contribution is -0.246. The quantitative estimate of drug-likeness (QED) is 0.0960. The lowest BCUT2D eigenvalue weighted by Gasteiger charge is -2.72. The molecule has 0 radical (unpaired) electrons. The van der Waals surface area contributed by atoms with Gasteiger partial charge in [0.2, 0.25) is 11.8 Å². The van der Waals surface area contributed by atoms with Crippen molar-refractivity contribution in [1.82, 2.24) is 10.6 Å². The van der Waals surface area contributed by atoms with Crippen LogP contribution in [0.25, 0.3) is 0 Å². The summed E-state index contributed by atoms with van der Waals surface area (Å²) in [6.07, 6.45) is 14.5. The van der Waals surface area contributed by atoms with Gasteiger partial charge in [0.05, 0.1) is 24.7 Å². The molecule has 0 spiro atoms. The van der Waals surface area contributed by atoms with E-state index < -0.39 is 24.0 Å². The molecule has 0 aromatic heterocycles. The predicted octanol–water partition coefficient (Wildman–Crippen LogP) is 6.00. The number of nitrogens with one attached hydrogen (secondary N) is 2. The minimum atomic E-state index is -1.26. The highest BCUT2D eigenvalue weighted by atomic mass is 16.4. The number of carbonyl (C=O) groups excluding carboxylic acids is 2. The number of amides is 2. The molecule has 11 atom stereocenters. The van der Waals surface area contributed by atoms with Crippen LogP contribution in [0.1, 0.15) is 137 Å². The molecule has 0 heterocycles. The van der Waals surface area contributed by atoms with E-state index in [-0.39, 0.29) is 64.4 Å². The first kappa shape index (κ1) is 39.2. The highest BCUT2D eigenvalue weighted by Crippen LogP contribution is 2.77. The van der Waals surface area contributed by atoms with Crippen LogP contribution in [0.3, 0.4) is 0 Å². The van der Waals surface area contributed by atoms with E-state index in [0.29, 0.717) is 30.7 Å². The van der Waals surface area contributed by atoms with Gasteiger partial charge in [-0.1, -0.05) is 60.5 Å². The van der Waals surface area contributed by atoms with E-state index in [1.54, 1.807) is 0 Å². The van der Waals surface area contributed by atoms with Crippen molar-refractivity contribution < 1.29 is 34.8 Å². The van der Waals surface area contributed by atoms with Crippen molar-refractivity contribution in [3.63, 3.8) is 0 Å². The van der Waals surface area contributed by atoms with E-state index >= 15 is 0 Å². The van der Waals surface area contributed by atoms with E-state index in [4.69, 9.17) is 10.2 Å². The van der Waals surface area contributed by atoms with Crippen LogP contribution < -0.4 is 10.6 Å². The van der Waals surface area contributed by atoms with Crippen LogP contribution in [0.2, 0.25) is 0 Å². The van der Waals surface area contributed by atoms with Crippen molar-refractivity contribution in [2.24, 2.45) is 56.7 Å². The zero-order chi connectivity index (χ0) is 36.7. The first-order valence-corrected chi connectivity index (χ1v) is 19.9. The number of aliphatic hydroxyl groups is 3. The second kappa shape index (κ2) is 14.8. The Labute approximate surface area is 300 Å². The van der Waals surface area contributed by atoms with E-state index in [9.17, 15) is 24.6 Å². The lowest BCUT2D eigenvalue weighted by atomic mass is 9.32. The van der Waals surface area contributed by atoms with Crippen LogP contribution >= 0.6 is 0 Å². The molecule has 6 N–H and O–H groups in total. The van der Waals surface area contributed by atoms with Gasteiger partial charge in [-0.2, -0.15) is 0 Å². The molecular weight excluding hydrogens is 632 g/mol. The Morgan fingerprint density at radius 3 is 2.18 bits per heavy atom. The summed E-state index contributed by atoms with van der Waals surface area (Å²) < 4.78 is 0. The highest BCUT2D eigenvalue weighted by molar-refractivity contribution is 5.84. The second-order valence-electron chi connectivity index (χ2n) is 18.6. The molecule has 5 rings (SSSR count). The molecule has 9 nitrogen and oxygen atoms in total. The van der Waals surface area contributed by atoms with E-state index in [1.807, 2.05) is 0 Å². The number of fused-ring (bicyclic) bond motifs is 7. The number of aliphatic carboxylic acids is 1. The molecule has 9 heteroatoms. The fraction of sp³-hybridized carbons (Fsp3) is 0.878. The van der Waals surface area contributed by atoms with Gasteiger partial charge in [-0.15, -0.1) is 0 Å². The number of aliphatic hydroxyl groups excluding tert-OH is 3. The summed E-state index contributed by atoms with van der Waals surface area (Å²) in [4.78, 5) is 37.4. The Bertz CT molecular complexity index is 1290. The number of carbonyl (C=O) groups is 3. The number of hydrogen-bond donors (Lipinski definition) is 6. The molecule has 5 aliphatic rings. The maximum atomic E-state index is 14.4. The molecule has 0 saturated heterocycles. The van der Waals surface area contributed by atoms with Crippen molar-refractivity contribution in [2.45, 2.75) is 149 Å². The molecule has 5 saturated carbocycles. The highest BCUT2D eigenvalue weighted by Gasteiger charge is 2.71. The normalized spacial score (nSPS) is 40.7. The number of unbranched alkanes of at least 4 members (excludes halogenated alkanes) is 4. The molecular formula is C41H68N2O7. The van der Waals surface area contributed by atoms with Gasteiger partial charge in [0.1, 0.15) is 6.04 Å². The molecule has 5 aliphatic carbocycles. The van der Waals surface area contributed by atoms with Crippen LogP contribution in [0.4, 0.5) is 0 Å². The molecule has 284 valence electrons. The monoisotopic (exact) mass is 701 g/mol. The summed E-state index contributed by atoms with van der Waals surface area (Å²) >= 11 is 0. The maximum absolute atomic E-state index is 14.4. The average molecular weight is 701 g/mol. The fourth-order valence-corrected chi connectivity index (χ4v) is 13.3. The first-order chi connectivity index (χ1) is 23.5. The molecule has 1 unspecified atom stereocenters. The van der Waals surface area contributed by atoms with Crippen LogP contribution in [0.5, 0.6) is 0 Å². The van der Waals surface area contributed by atoms with Crippen molar-refractivity contribution in [3.8, 4) is 0 Å². The van der Waals surface area contributed by atoms with Gasteiger partial charge in [0, 0.05) is 13.0 Å². The summed E-state index contributed by atoms with van der Waals surface area (Å²) in [7, 11) is 0. The van der Waals surface area contributed by atoms with E-state index in [2.05, 4.69) is 51.8 Å². The van der Waals surface area contributed by atoms with Crippen molar-refractivity contribution >= 4 is 17.8 Å². The third kappa shape index (κ3) is 6.48. The third-order valence-electron chi connectivity index (χ3n) is 16.3. The molecule has 0 aromatic carbocycles. The van der Waals surface area contributed by atoms with Crippen LogP contribution in [0.15, 0.2) is 12.2 Å². The smallest absolute Gasteiger partial charge is 0.328 e. The average Bonchev–Trinajstić information content (AvgIpc) is 3.47. The summed E-state index contributed by atoms with van der Waals surface area (Å²) in [5.41, 5.74) is 0.849. The Morgan fingerprint density at radius 2 is 1.50 bits per heavy atom. The zero-order valence-corrected chi connectivity index (χ0v) is 31.7. The molecule has 0 aliphatic heterocycles. The van der Waals surface area contributed by atoms with Gasteiger partial charge >= 0.3 is 5.97 Å². The largest absolute Gasteiger partial charge is 0.480 e. The maximum Gasteiger partial charge on any atom is 0.328 e. The Kier molecular flexibility index (Phi) is 11.6. The fourth-order valence-electron chi connectivity index (χ4n) is 13.3. The van der Waals surface area contributed by atoms with Gasteiger partial charge in [-0.3, -0.25) is 9.59 Å².